The summed E-state index contributed by atoms with van der Waals surface area (Å²) in [6, 6.07) is 7.71. The van der Waals surface area contributed by atoms with E-state index in [-0.39, 0.29) is 5.41 Å². The Morgan fingerprint density at radius 1 is 1.22 bits per heavy atom. The summed E-state index contributed by atoms with van der Waals surface area (Å²) in [5.41, 5.74) is 5.90. The predicted octanol–water partition coefficient (Wildman–Crippen LogP) is 3.71. The van der Waals surface area contributed by atoms with E-state index in [1.807, 2.05) is 24.3 Å². The third-order valence-electron chi connectivity index (χ3n) is 3.06. The summed E-state index contributed by atoms with van der Waals surface area (Å²) in [6.07, 6.45) is 3.18. The molecule has 0 saturated carbocycles. The largest absolute Gasteiger partial charge is 0.330 e. The number of halogens is 1. The van der Waals surface area contributed by atoms with Gasteiger partial charge in [0.25, 0.3) is 0 Å². The molecule has 0 aromatic heterocycles. The molecule has 102 valence electrons. The monoisotopic (exact) mass is 331 g/mol. The highest BCUT2D eigenvalue weighted by Crippen LogP contribution is 2.22. The molecule has 2 N–H and O–H groups in total. The van der Waals surface area contributed by atoms with Crippen LogP contribution >= 0.6 is 15.9 Å². The first-order valence-electron chi connectivity index (χ1n) is 6.29. The Balaban J connectivity index is 2.32. The number of benzene rings is 1. The van der Waals surface area contributed by atoms with Crippen LogP contribution in [0.15, 0.2) is 33.6 Å². The van der Waals surface area contributed by atoms with E-state index in [2.05, 4.69) is 29.8 Å². The smallest absolute Gasteiger partial charge is 0.0529 e. The molecule has 1 rings (SSSR count). The average Bonchev–Trinajstić information content (AvgIpc) is 2.35. The van der Waals surface area contributed by atoms with Crippen molar-refractivity contribution in [2.45, 2.75) is 38.0 Å². The van der Waals surface area contributed by atoms with E-state index in [1.165, 1.54) is 0 Å². The standard InChI is InChI=1S/C14H22BrNOS/c1-14(2,11-16)9-3-4-10-18(17)13-7-5-12(15)6-8-13/h5-8H,3-4,9-11,16H2,1-2H3. The van der Waals surface area contributed by atoms with Gasteiger partial charge in [-0.3, -0.25) is 4.21 Å². The van der Waals surface area contributed by atoms with Crippen LogP contribution in [0, 0.1) is 5.41 Å². The molecule has 18 heavy (non-hydrogen) atoms. The van der Waals surface area contributed by atoms with Crippen LogP contribution in [0.4, 0.5) is 0 Å². The molecule has 2 nitrogen and oxygen atoms in total. The molecule has 4 heteroatoms. The summed E-state index contributed by atoms with van der Waals surface area (Å²) in [7, 11) is -0.874. The minimum Gasteiger partial charge on any atom is -0.330 e. The van der Waals surface area contributed by atoms with Crippen molar-refractivity contribution in [3.8, 4) is 0 Å². The lowest BCUT2D eigenvalue weighted by atomic mass is 9.88. The molecule has 0 amide bonds. The minimum atomic E-state index is -0.874. The van der Waals surface area contributed by atoms with E-state index in [0.29, 0.717) is 6.54 Å². The SMILES string of the molecule is CC(C)(CN)CCCCS(=O)c1ccc(Br)cc1. The zero-order chi connectivity index (χ0) is 13.6. The molecule has 1 atom stereocenters. The summed E-state index contributed by atoms with van der Waals surface area (Å²) in [6.45, 7) is 5.07. The van der Waals surface area contributed by atoms with Gasteiger partial charge in [-0.15, -0.1) is 0 Å². The van der Waals surface area contributed by atoms with Crippen LogP contribution in [0.2, 0.25) is 0 Å². The van der Waals surface area contributed by atoms with Gasteiger partial charge in [-0.2, -0.15) is 0 Å². The molecule has 0 aliphatic heterocycles. The van der Waals surface area contributed by atoms with Gasteiger partial charge in [0.2, 0.25) is 0 Å². The number of rotatable bonds is 7. The Labute approximate surface area is 121 Å². The van der Waals surface area contributed by atoms with E-state index in [0.717, 1.165) is 34.4 Å². The van der Waals surface area contributed by atoms with E-state index < -0.39 is 10.8 Å². The normalized spacial score (nSPS) is 13.6. The number of hydrogen-bond donors (Lipinski definition) is 1. The van der Waals surface area contributed by atoms with Crippen molar-refractivity contribution in [1.29, 1.82) is 0 Å². The molecule has 0 radical (unpaired) electrons. The fourth-order valence-electron chi connectivity index (χ4n) is 1.64. The van der Waals surface area contributed by atoms with Gasteiger partial charge >= 0.3 is 0 Å². The van der Waals surface area contributed by atoms with E-state index >= 15 is 0 Å². The van der Waals surface area contributed by atoms with Crippen molar-refractivity contribution >= 4 is 26.7 Å². The summed E-state index contributed by atoms with van der Waals surface area (Å²) in [4.78, 5) is 0.913. The first-order chi connectivity index (χ1) is 8.44. The molecule has 0 heterocycles. The third-order valence-corrected chi connectivity index (χ3v) is 5.05. The van der Waals surface area contributed by atoms with Gasteiger partial charge in [0.15, 0.2) is 0 Å². The second-order valence-corrected chi connectivity index (χ2v) is 7.82. The van der Waals surface area contributed by atoms with Crippen LogP contribution in [0.1, 0.15) is 33.1 Å². The van der Waals surface area contributed by atoms with Gasteiger partial charge < -0.3 is 5.73 Å². The zero-order valence-corrected chi connectivity index (χ0v) is 13.5. The third kappa shape index (κ3) is 5.63. The van der Waals surface area contributed by atoms with Crippen LogP contribution in [-0.4, -0.2) is 16.5 Å². The lowest BCUT2D eigenvalue weighted by Crippen LogP contribution is -2.23. The Kier molecular flexibility index (Phi) is 6.53. The van der Waals surface area contributed by atoms with Gasteiger partial charge in [0, 0.05) is 15.1 Å². The highest BCUT2D eigenvalue weighted by Gasteiger charge is 2.14. The van der Waals surface area contributed by atoms with Crippen LogP contribution in [0.3, 0.4) is 0 Å². The van der Waals surface area contributed by atoms with Crippen molar-refractivity contribution in [1.82, 2.24) is 0 Å². The molecular weight excluding hydrogens is 310 g/mol. The molecule has 1 aromatic rings. The minimum absolute atomic E-state index is 0.207. The van der Waals surface area contributed by atoms with Gasteiger partial charge in [-0.1, -0.05) is 36.2 Å². The topological polar surface area (TPSA) is 43.1 Å². The fraction of sp³-hybridized carbons (Fsp3) is 0.571. The maximum absolute atomic E-state index is 12.0. The van der Waals surface area contributed by atoms with E-state index in [9.17, 15) is 4.21 Å². The summed E-state index contributed by atoms with van der Waals surface area (Å²) < 4.78 is 13.0. The van der Waals surface area contributed by atoms with Crippen molar-refractivity contribution < 1.29 is 4.21 Å². The molecular formula is C14H22BrNOS. The summed E-state index contributed by atoms with van der Waals surface area (Å²) >= 11 is 3.38. The second-order valence-electron chi connectivity index (χ2n) is 5.33. The number of hydrogen-bond acceptors (Lipinski definition) is 2. The Morgan fingerprint density at radius 2 is 1.83 bits per heavy atom. The first-order valence-corrected chi connectivity index (χ1v) is 8.40. The number of nitrogens with two attached hydrogens (primary N) is 1. The molecule has 1 aromatic carbocycles. The van der Waals surface area contributed by atoms with Crippen molar-refractivity contribution in [2.24, 2.45) is 11.1 Å². The summed E-state index contributed by atoms with van der Waals surface area (Å²) in [5.74, 6) is 0.738. The Hall–Kier alpha value is -0.190. The molecule has 0 aliphatic carbocycles. The van der Waals surface area contributed by atoms with Crippen molar-refractivity contribution in [2.75, 3.05) is 12.3 Å². The second kappa shape index (κ2) is 7.41. The average molecular weight is 332 g/mol. The highest BCUT2D eigenvalue weighted by molar-refractivity contribution is 9.10. The Morgan fingerprint density at radius 3 is 2.39 bits per heavy atom. The maximum Gasteiger partial charge on any atom is 0.0529 e. The predicted molar refractivity (Wildman–Crippen MR) is 82.1 cm³/mol. The molecule has 1 unspecified atom stereocenters. The van der Waals surface area contributed by atoms with E-state index in [1.54, 1.807) is 0 Å². The molecule has 0 saturated heterocycles. The number of unbranched alkanes of at least 4 members (excludes halogenated alkanes) is 1. The van der Waals surface area contributed by atoms with Crippen LogP contribution in [0.25, 0.3) is 0 Å². The maximum atomic E-state index is 12.0. The molecule has 0 bridgehead atoms. The lowest BCUT2D eigenvalue weighted by molar-refractivity contribution is 0.336. The van der Waals surface area contributed by atoms with Crippen molar-refractivity contribution in [3.63, 3.8) is 0 Å². The van der Waals surface area contributed by atoms with Crippen LogP contribution in [0.5, 0.6) is 0 Å². The summed E-state index contributed by atoms with van der Waals surface area (Å²) in [5, 5.41) is 0. The van der Waals surface area contributed by atoms with Crippen LogP contribution in [-0.2, 0) is 10.8 Å². The van der Waals surface area contributed by atoms with Crippen molar-refractivity contribution in [3.05, 3.63) is 28.7 Å². The Bertz CT molecular complexity index is 389. The molecule has 0 aliphatic rings. The zero-order valence-electron chi connectivity index (χ0n) is 11.1. The first kappa shape index (κ1) is 15.9. The van der Waals surface area contributed by atoms with Gasteiger partial charge in [0.1, 0.15) is 0 Å². The molecule has 0 fully saturated rings. The van der Waals surface area contributed by atoms with Crippen LogP contribution < -0.4 is 5.73 Å². The molecule has 0 spiro atoms. The van der Waals surface area contributed by atoms with Gasteiger partial charge in [0.05, 0.1) is 10.8 Å². The lowest BCUT2D eigenvalue weighted by Gasteiger charge is -2.21. The highest BCUT2D eigenvalue weighted by atomic mass is 79.9. The van der Waals surface area contributed by atoms with Gasteiger partial charge in [-0.25, -0.2) is 0 Å². The fourth-order valence-corrected chi connectivity index (χ4v) is 3.05. The van der Waals surface area contributed by atoms with Gasteiger partial charge in [-0.05, 0) is 49.1 Å². The quantitative estimate of drug-likeness (QED) is 0.774. The van der Waals surface area contributed by atoms with E-state index in [4.69, 9.17) is 5.73 Å².